The quantitative estimate of drug-likeness (QED) is 0.215. The van der Waals surface area contributed by atoms with Gasteiger partial charge in [0.15, 0.2) is 0 Å². The molecule has 10 unspecified atom stereocenters. The van der Waals surface area contributed by atoms with Crippen molar-refractivity contribution in [2.24, 2.45) is 35.0 Å². The van der Waals surface area contributed by atoms with Crippen LogP contribution >= 0.6 is 0 Å². The number of H-pyrrole nitrogens is 1. The topological polar surface area (TPSA) is 104 Å². The van der Waals surface area contributed by atoms with Gasteiger partial charge < -0.3 is 24.9 Å². The van der Waals surface area contributed by atoms with Gasteiger partial charge in [-0.15, -0.1) is 0 Å². The summed E-state index contributed by atoms with van der Waals surface area (Å²) in [7, 11) is 1.51. The Bertz CT molecular complexity index is 1460. The molecular formula is C34H42N2O5. The van der Waals surface area contributed by atoms with Crippen LogP contribution in [0.5, 0.6) is 0 Å². The molecule has 7 nitrogen and oxygen atoms in total. The van der Waals surface area contributed by atoms with Crippen molar-refractivity contribution in [2.75, 3.05) is 7.11 Å². The predicted octanol–water partition coefficient (Wildman–Crippen LogP) is 4.87. The number of hydrogen-bond acceptors (Lipinski definition) is 5. The van der Waals surface area contributed by atoms with E-state index in [1.807, 2.05) is 31.3 Å². The first-order valence-electron chi connectivity index (χ1n) is 14.9. The van der Waals surface area contributed by atoms with E-state index in [-0.39, 0.29) is 48.0 Å². The number of aliphatic hydroxyl groups is 1. The molecule has 41 heavy (non-hydrogen) atoms. The van der Waals surface area contributed by atoms with E-state index in [1.54, 1.807) is 0 Å². The van der Waals surface area contributed by atoms with Gasteiger partial charge in [-0.25, -0.2) is 0 Å². The van der Waals surface area contributed by atoms with Gasteiger partial charge in [0.1, 0.15) is 11.2 Å². The van der Waals surface area contributed by atoms with Gasteiger partial charge in [-0.05, 0) is 55.7 Å². The number of nitrogens with one attached hydrogen (secondary N) is 2. The highest BCUT2D eigenvalue weighted by molar-refractivity contribution is 6.09. The van der Waals surface area contributed by atoms with E-state index in [0.717, 1.165) is 28.5 Å². The molecule has 10 atom stereocenters. The number of Topliss-reactive ketones (excluding diaryl/α,β-unsaturated/α-hetero) is 1. The maximum atomic E-state index is 14.8. The zero-order chi connectivity index (χ0) is 29.3. The summed E-state index contributed by atoms with van der Waals surface area (Å²) in [5, 5.41) is 15.9. The number of benzene rings is 1. The maximum absolute atomic E-state index is 14.8. The van der Waals surface area contributed by atoms with Crippen molar-refractivity contribution in [3.63, 3.8) is 0 Å². The van der Waals surface area contributed by atoms with Crippen LogP contribution in [0.25, 0.3) is 10.9 Å². The van der Waals surface area contributed by atoms with Gasteiger partial charge in [0, 0.05) is 41.4 Å². The molecular weight excluding hydrogens is 516 g/mol. The van der Waals surface area contributed by atoms with Crippen molar-refractivity contribution in [1.82, 2.24) is 10.3 Å². The first-order chi connectivity index (χ1) is 19.5. The smallest absolute Gasteiger partial charge is 0.235 e. The van der Waals surface area contributed by atoms with E-state index in [1.165, 1.54) is 7.11 Å². The molecule has 0 radical (unpaired) electrons. The molecule has 1 saturated carbocycles. The van der Waals surface area contributed by atoms with Crippen LogP contribution in [-0.2, 0) is 25.5 Å². The number of epoxide rings is 1. The molecule has 3 heterocycles. The highest BCUT2D eigenvalue weighted by Gasteiger charge is 2.78. The third-order valence-electron chi connectivity index (χ3n) is 10.7. The molecule has 6 rings (SSSR count). The van der Waals surface area contributed by atoms with E-state index in [4.69, 9.17) is 9.47 Å². The van der Waals surface area contributed by atoms with E-state index in [2.05, 4.69) is 61.9 Å². The van der Waals surface area contributed by atoms with Gasteiger partial charge in [-0.2, -0.15) is 0 Å². The Hall–Kier alpha value is -3.16. The maximum Gasteiger partial charge on any atom is 0.235 e. The van der Waals surface area contributed by atoms with Crippen molar-refractivity contribution in [1.29, 1.82) is 0 Å². The molecule has 3 fully saturated rings. The minimum absolute atomic E-state index is 0.0438. The summed E-state index contributed by atoms with van der Waals surface area (Å²) >= 11 is 0. The Labute approximate surface area is 242 Å². The summed E-state index contributed by atoms with van der Waals surface area (Å²) in [6.45, 7) is 12.3. The first kappa shape index (κ1) is 28.0. The summed E-state index contributed by atoms with van der Waals surface area (Å²) in [4.78, 5) is 32.6. The predicted molar refractivity (Wildman–Crippen MR) is 158 cm³/mol. The number of methoxy groups -OCH3 is 1. The fourth-order valence-corrected chi connectivity index (χ4v) is 8.35. The number of rotatable bonds is 4. The average molecular weight is 559 g/mol. The number of hydrogen-bond donors (Lipinski definition) is 3. The zero-order valence-electron chi connectivity index (χ0n) is 24.6. The SMILES string of the molecule is C=C(OC)C1CC(=O)C23C(=O)NC(Cc4c[nH]c5ccccc45)C2C(C)C2(C)OC2C3C=CCC(C)C=C(C)C1O. The van der Waals surface area contributed by atoms with Crippen LogP contribution < -0.4 is 5.32 Å². The number of ketones is 1. The van der Waals surface area contributed by atoms with Crippen LogP contribution in [0.15, 0.2) is 66.6 Å². The molecule has 3 N–H and O–H groups in total. The van der Waals surface area contributed by atoms with Crippen LogP contribution in [0.4, 0.5) is 0 Å². The molecule has 218 valence electrons. The van der Waals surface area contributed by atoms with Gasteiger partial charge in [0.05, 0.1) is 36.6 Å². The van der Waals surface area contributed by atoms with E-state index >= 15 is 0 Å². The lowest BCUT2D eigenvalue weighted by atomic mass is 9.51. The van der Waals surface area contributed by atoms with Crippen LogP contribution in [0, 0.1) is 35.0 Å². The van der Waals surface area contributed by atoms with Crippen molar-refractivity contribution in [2.45, 2.75) is 70.8 Å². The molecule has 4 aliphatic rings. The lowest BCUT2D eigenvalue weighted by molar-refractivity contribution is -0.149. The molecule has 2 aliphatic heterocycles. The van der Waals surface area contributed by atoms with Gasteiger partial charge >= 0.3 is 0 Å². The van der Waals surface area contributed by atoms with E-state index in [0.29, 0.717) is 12.2 Å². The number of fused-ring (bicyclic) bond motifs is 3. The Balaban J connectivity index is 1.48. The summed E-state index contributed by atoms with van der Waals surface area (Å²) < 4.78 is 11.9. The summed E-state index contributed by atoms with van der Waals surface area (Å²) in [5.74, 6) is -1.31. The number of ether oxygens (including phenoxy) is 2. The minimum Gasteiger partial charge on any atom is -0.501 e. The van der Waals surface area contributed by atoms with Crippen LogP contribution in [-0.4, -0.2) is 52.7 Å². The second-order valence-electron chi connectivity index (χ2n) is 13.0. The van der Waals surface area contributed by atoms with Crippen molar-refractivity contribution in [3.05, 3.63) is 72.2 Å². The number of para-hydroxylation sites is 1. The third kappa shape index (κ3) is 4.15. The number of carbonyl (C=O) groups excluding carboxylic acids is 2. The van der Waals surface area contributed by atoms with Crippen molar-refractivity contribution >= 4 is 22.6 Å². The Morgan fingerprint density at radius 3 is 2.76 bits per heavy atom. The normalized spacial score (nSPS) is 40.4. The molecule has 2 aromatic rings. The Morgan fingerprint density at radius 1 is 1.24 bits per heavy atom. The summed E-state index contributed by atoms with van der Waals surface area (Å²) in [5.41, 5.74) is 1.20. The monoisotopic (exact) mass is 558 g/mol. The molecule has 1 aromatic carbocycles. The second kappa shape index (κ2) is 9.99. The largest absolute Gasteiger partial charge is 0.501 e. The highest BCUT2D eigenvalue weighted by atomic mass is 16.6. The van der Waals surface area contributed by atoms with Gasteiger partial charge in [-0.3, -0.25) is 9.59 Å². The van der Waals surface area contributed by atoms with Crippen LogP contribution in [0.1, 0.15) is 46.1 Å². The molecule has 1 amide bonds. The van der Waals surface area contributed by atoms with Gasteiger partial charge in [0.25, 0.3) is 0 Å². The lowest BCUT2D eigenvalue weighted by Gasteiger charge is -2.46. The molecule has 0 bridgehead atoms. The number of allylic oxidation sites excluding steroid dienone is 2. The highest BCUT2D eigenvalue weighted by Crippen LogP contribution is 2.66. The third-order valence-corrected chi connectivity index (χ3v) is 10.7. The number of aromatic nitrogens is 1. The van der Waals surface area contributed by atoms with Gasteiger partial charge in [0.2, 0.25) is 5.91 Å². The average Bonchev–Trinajstić information content (AvgIpc) is 3.35. The molecule has 1 aromatic heterocycles. The van der Waals surface area contributed by atoms with Crippen molar-refractivity contribution < 1.29 is 24.2 Å². The second-order valence-corrected chi connectivity index (χ2v) is 13.0. The zero-order valence-corrected chi connectivity index (χ0v) is 24.6. The Kier molecular flexibility index (Phi) is 6.82. The van der Waals surface area contributed by atoms with Crippen molar-refractivity contribution in [3.8, 4) is 0 Å². The first-order valence-corrected chi connectivity index (χ1v) is 14.9. The molecule has 2 aliphatic carbocycles. The molecule has 2 saturated heterocycles. The summed E-state index contributed by atoms with van der Waals surface area (Å²) in [6, 6.07) is 7.90. The molecule has 7 heteroatoms. The fourth-order valence-electron chi connectivity index (χ4n) is 8.35. The number of amides is 1. The van der Waals surface area contributed by atoms with E-state index in [9.17, 15) is 14.7 Å². The Morgan fingerprint density at radius 2 is 2.00 bits per heavy atom. The van der Waals surface area contributed by atoms with E-state index < -0.39 is 29.0 Å². The number of aliphatic hydroxyl groups excluding tert-OH is 1. The minimum atomic E-state index is -1.32. The molecule has 1 spiro atoms. The van der Waals surface area contributed by atoms with Crippen LogP contribution in [0.2, 0.25) is 0 Å². The number of aromatic amines is 1. The van der Waals surface area contributed by atoms with Crippen LogP contribution in [0.3, 0.4) is 0 Å². The summed E-state index contributed by atoms with van der Waals surface area (Å²) in [6.07, 6.45) is 8.36. The number of carbonyl (C=O) groups is 2. The van der Waals surface area contributed by atoms with Gasteiger partial charge in [-0.1, -0.05) is 56.9 Å². The standard InChI is InChI=1S/C34H42N2O5/c1-18-10-9-12-25-31-33(5,41-31)20(3)29-27(15-22-17-35-26-13-8-7-11-23(22)26)36-32(39)34(25,29)28(37)16-24(21(4)40-6)30(38)19(2)14-18/h7-9,11-14,17-18,20,24-25,27,29-31,35,38H,4,10,15-16H2,1-3,5-6H3,(H,36,39). The fraction of sp³-hybridized carbons (Fsp3) is 0.529. The lowest BCUT2D eigenvalue weighted by Crippen LogP contribution is -2.58.